The maximum Gasteiger partial charge on any atom is 0.331 e. The Morgan fingerprint density at radius 2 is 2.00 bits per heavy atom. The summed E-state index contributed by atoms with van der Waals surface area (Å²) in [6.07, 6.45) is 4.72. The first-order valence-electron chi connectivity index (χ1n) is 14.1. The van der Waals surface area contributed by atoms with Gasteiger partial charge in [0.15, 0.2) is 18.3 Å². The molecule has 11 heteroatoms. The first kappa shape index (κ1) is 27.4. The fraction of sp³-hybridized carbons (Fsp3) is 0.467. The fourth-order valence-corrected chi connectivity index (χ4v) is 5.00. The molecule has 2 aliphatic heterocycles. The van der Waals surface area contributed by atoms with Crippen LogP contribution in [0.2, 0.25) is 0 Å². The molecule has 5 heterocycles. The number of ether oxygens (including phenoxy) is 3. The Kier molecular flexibility index (Phi) is 6.83. The minimum absolute atomic E-state index is 0.0510. The molecule has 3 aromatic heterocycles. The number of aromatic nitrogens is 5. The predicted molar refractivity (Wildman–Crippen MR) is 154 cm³/mol. The third kappa shape index (κ3) is 5.70. The van der Waals surface area contributed by atoms with Crippen LogP contribution < -0.4 is 10.1 Å². The zero-order valence-electron chi connectivity index (χ0n) is 24.4. The van der Waals surface area contributed by atoms with E-state index in [0.717, 1.165) is 47.2 Å². The molecule has 1 fully saturated rings. The highest BCUT2D eigenvalue weighted by Crippen LogP contribution is 2.36. The third-order valence-corrected chi connectivity index (χ3v) is 7.78. The van der Waals surface area contributed by atoms with E-state index in [2.05, 4.69) is 51.2 Å². The van der Waals surface area contributed by atoms with Crippen LogP contribution >= 0.6 is 0 Å². The van der Waals surface area contributed by atoms with Gasteiger partial charge in [0.2, 0.25) is 5.88 Å². The average Bonchev–Trinajstić information content (AvgIpc) is 3.30. The van der Waals surface area contributed by atoms with Crippen molar-refractivity contribution in [1.82, 2.24) is 29.6 Å². The lowest BCUT2D eigenvalue weighted by Crippen LogP contribution is -2.36. The Morgan fingerprint density at radius 1 is 1.17 bits per heavy atom. The van der Waals surface area contributed by atoms with Gasteiger partial charge in [-0.05, 0) is 57.9 Å². The number of carbonyl (C=O) groups is 1. The van der Waals surface area contributed by atoms with Crippen LogP contribution in [0.3, 0.4) is 0 Å². The van der Waals surface area contributed by atoms with Crippen molar-refractivity contribution in [2.24, 2.45) is 0 Å². The monoisotopic (exact) mass is 559 g/mol. The molecule has 4 aromatic rings. The second-order valence-corrected chi connectivity index (χ2v) is 12.3. The van der Waals surface area contributed by atoms with Gasteiger partial charge in [0.05, 0.1) is 16.8 Å². The lowest BCUT2D eigenvalue weighted by molar-refractivity contribution is -0.0578. The summed E-state index contributed by atoms with van der Waals surface area (Å²) in [4.78, 5) is 24.2. The number of amides is 1. The number of epoxide rings is 1. The van der Waals surface area contributed by atoms with Crippen molar-refractivity contribution in [2.45, 2.75) is 84.5 Å². The van der Waals surface area contributed by atoms with Gasteiger partial charge in [-0.2, -0.15) is 5.10 Å². The van der Waals surface area contributed by atoms with E-state index >= 15 is 0 Å². The molecule has 6 rings (SSSR count). The molecule has 1 aromatic carbocycles. The van der Waals surface area contributed by atoms with Crippen molar-refractivity contribution in [3.63, 3.8) is 0 Å². The van der Waals surface area contributed by atoms with E-state index in [9.17, 15) is 4.79 Å². The van der Waals surface area contributed by atoms with Crippen molar-refractivity contribution >= 4 is 22.8 Å². The summed E-state index contributed by atoms with van der Waals surface area (Å²) in [6, 6.07) is 9.11. The van der Waals surface area contributed by atoms with Crippen molar-refractivity contribution in [3.05, 3.63) is 59.8 Å². The highest BCUT2D eigenvalue weighted by molar-refractivity contribution is 5.98. The van der Waals surface area contributed by atoms with Gasteiger partial charge >= 0.3 is 6.03 Å². The molecule has 1 saturated heterocycles. The summed E-state index contributed by atoms with van der Waals surface area (Å²) < 4.78 is 19.5. The molecule has 0 spiro atoms. The van der Waals surface area contributed by atoms with Crippen molar-refractivity contribution in [1.29, 1.82) is 0 Å². The summed E-state index contributed by atoms with van der Waals surface area (Å²) >= 11 is 0. The molecule has 216 valence electrons. The molecule has 0 saturated carbocycles. The molecule has 2 unspecified atom stereocenters. The zero-order valence-corrected chi connectivity index (χ0v) is 24.4. The lowest BCUT2D eigenvalue weighted by atomic mass is 9.87. The molecule has 2 atom stereocenters. The molecule has 0 radical (unpaired) electrons. The molecule has 2 aliphatic rings. The second kappa shape index (κ2) is 10.2. The van der Waals surface area contributed by atoms with Crippen molar-refractivity contribution < 1.29 is 19.0 Å². The van der Waals surface area contributed by atoms with Gasteiger partial charge in [0.1, 0.15) is 12.1 Å². The zero-order chi connectivity index (χ0) is 28.9. The van der Waals surface area contributed by atoms with Crippen LogP contribution in [0.25, 0.3) is 10.9 Å². The number of hydrogen-bond acceptors (Lipinski definition) is 8. The van der Waals surface area contributed by atoms with E-state index < -0.39 is 0 Å². The highest BCUT2D eigenvalue weighted by Gasteiger charge is 2.48. The summed E-state index contributed by atoms with van der Waals surface area (Å²) in [5.41, 5.74) is 3.37. The van der Waals surface area contributed by atoms with Crippen LogP contribution in [0.5, 0.6) is 11.6 Å². The average molecular weight is 560 g/mol. The summed E-state index contributed by atoms with van der Waals surface area (Å²) in [6.45, 7) is 13.9. The summed E-state index contributed by atoms with van der Waals surface area (Å²) in [7, 11) is 0. The molecule has 11 nitrogen and oxygen atoms in total. The number of aromatic amines is 1. The number of hydrogen-bond donors (Lipinski definition) is 2. The number of anilines is 1. The van der Waals surface area contributed by atoms with Crippen LogP contribution in [-0.2, 0) is 27.9 Å². The molecule has 1 amide bonds. The highest BCUT2D eigenvalue weighted by atomic mass is 16.8. The number of carbonyl (C=O) groups excluding carboxylic acids is 1. The smallest absolute Gasteiger partial charge is 0.331 e. The Bertz CT molecular complexity index is 1590. The number of fused-ring (bicyclic) bond motifs is 2. The number of H-pyrrole nitrogens is 1. The van der Waals surface area contributed by atoms with Crippen LogP contribution in [0, 0.1) is 0 Å². The van der Waals surface area contributed by atoms with E-state index in [1.807, 2.05) is 51.1 Å². The van der Waals surface area contributed by atoms with E-state index in [1.54, 1.807) is 10.8 Å². The van der Waals surface area contributed by atoms with E-state index in [0.29, 0.717) is 24.0 Å². The lowest BCUT2D eigenvalue weighted by Gasteiger charge is -2.27. The van der Waals surface area contributed by atoms with E-state index in [4.69, 9.17) is 14.2 Å². The Hall–Kier alpha value is -3.80. The largest absolute Gasteiger partial charge is 0.439 e. The number of nitrogens with zero attached hydrogens (tertiary/aromatic N) is 5. The Balaban J connectivity index is 1.13. The van der Waals surface area contributed by atoms with Gasteiger partial charge in [-0.25, -0.2) is 14.8 Å². The quantitative estimate of drug-likeness (QED) is 0.282. The molecule has 41 heavy (non-hydrogen) atoms. The molecule has 0 bridgehead atoms. The minimum Gasteiger partial charge on any atom is -0.439 e. The molecular weight excluding hydrogens is 522 g/mol. The van der Waals surface area contributed by atoms with E-state index in [-0.39, 0.29) is 29.6 Å². The molecule has 0 aliphatic carbocycles. The predicted octanol–water partition coefficient (Wildman–Crippen LogP) is 5.57. The van der Waals surface area contributed by atoms with E-state index in [1.165, 1.54) is 6.33 Å². The summed E-state index contributed by atoms with van der Waals surface area (Å²) in [5, 5.41) is 11.1. The minimum atomic E-state index is -0.287. The van der Waals surface area contributed by atoms with Gasteiger partial charge in [0, 0.05) is 47.4 Å². The van der Waals surface area contributed by atoms with Gasteiger partial charge in [-0.3, -0.25) is 19.9 Å². The standard InChI is InChI=1S/C30H37N7O4/c1-7-30(5,6)23-15-24(35-34-23)33-28(38)37-13-10-18-14-19(8-9-22(18)37)39-25-20-11-12-36(16-21(20)31-17-32-25)26-27(40-26)41-29(2,3)4/h8-10,13-15,17,26-27H,7,11-12,16H2,1-6H3,(H2,33,34,35,38). The maximum atomic E-state index is 13.1. The fourth-order valence-electron chi connectivity index (χ4n) is 5.00. The first-order valence-corrected chi connectivity index (χ1v) is 14.1. The van der Waals surface area contributed by atoms with Crippen LogP contribution in [0.1, 0.15) is 64.9 Å². The van der Waals surface area contributed by atoms with Crippen LogP contribution in [0.4, 0.5) is 10.6 Å². The third-order valence-electron chi connectivity index (χ3n) is 7.78. The number of benzene rings is 1. The summed E-state index contributed by atoms with van der Waals surface area (Å²) in [5.74, 6) is 1.68. The van der Waals surface area contributed by atoms with Gasteiger partial charge in [-0.15, -0.1) is 0 Å². The normalized spacial score (nSPS) is 19.3. The maximum absolute atomic E-state index is 13.1. The van der Waals surface area contributed by atoms with Gasteiger partial charge < -0.3 is 14.2 Å². The van der Waals surface area contributed by atoms with Crippen molar-refractivity contribution in [2.75, 3.05) is 11.9 Å². The SMILES string of the molecule is CCC(C)(C)c1cc(NC(=O)n2ccc3cc(Oc4ncnc5c4CCN(C4OC4OC(C)(C)C)C5)ccc32)n[nH]1. The molecular formula is C30H37N7O4. The first-order chi connectivity index (χ1) is 19.5. The van der Waals surface area contributed by atoms with Crippen LogP contribution in [0.15, 0.2) is 42.9 Å². The van der Waals surface area contributed by atoms with Crippen molar-refractivity contribution in [3.8, 4) is 11.6 Å². The number of rotatable bonds is 7. The topological polar surface area (TPSA) is 123 Å². The number of nitrogens with one attached hydrogen (secondary N) is 2. The van der Waals surface area contributed by atoms with Gasteiger partial charge in [0.25, 0.3) is 0 Å². The molecule has 2 N–H and O–H groups in total. The second-order valence-electron chi connectivity index (χ2n) is 12.3. The van der Waals surface area contributed by atoms with Gasteiger partial charge in [-0.1, -0.05) is 20.8 Å². The Morgan fingerprint density at radius 3 is 2.78 bits per heavy atom. The van der Waals surface area contributed by atoms with Crippen LogP contribution in [-0.4, -0.2) is 60.3 Å². The Labute approximate surface area is 239 Å².